The Morgan fingerprint density at radius 1 is 1.25 bits per heavy atom. The summed E-state index contributed by atoms with van der Waals surface area (Å²) in [4.78, 5) is 12.1. The van der Waals surface area contributed by atoms with Crippen molar-refractivity contribution in [2.24, 2.45) is 0 Å². The maximum Gasteiger partial charge on any atom is 0.215 e. The highest BCUT2D eigenvalue weighted by Crippen LogP contribution is 2.27. The van der Waals surface area contributed by atoms with E-state index in [2.05, 4.69) is 30.9 Å². The van der Waals surface area contributed by atoms with Gasteiger partial charge in [0.15, 0.2) is 5.65 Å². The van der Waals surface area contributed by atoms with Gasteiger partial charge in [0.05, 0.1) is 12.1 Å². The number of nitrogens with zero attached hydrogens (tertiary/aromatic N) is 2. The third-order valence-electron chi connectivity index (χ3n) is 2.75. The van der Waals surface area contributed by atoms with Gasteiger partial charge in [-0.2, -0.15) is 4.98 Å². The first-order valence-corrected chi connectivity index (χ1v) is 7.29. The molecule has 6 heteroatoms. The first-order valence-electron chi connectivity index (χ1n) is 6.12. The van der Waals surface area contributed by atoms with Crippen LogP contribution in [-0.2, 0) is 0 Å². The number of ether oxygens (including phenoxy) is 1. The number of hydrogen-bond donors (Lipinski definition) is 1. The zero-order valence-corrected chi connectivity index (χ0v) is 13.0. The molecule has 2 aromatic heterocycles. The van der Waals surface area contributed by atoms with Crippen molar-refractivity contribution < 1.29 is 4.74 Å². The van der Waals surface area contributed by atoms with E-state index in [0.29, 0.717) is 23.2 Å². The number of H-pyrrole nitrogens is 1. The average Bonchev–Trinajstić information content (AvgIpc) is 2.81. The molecule has 0 spiro atoms. The number of pyridine rings is 1. The van der Waals surface area contributed by atoms with Gasteiger partial charge in [-0.3, -0.25) is 0 Å². The summed E-state index contributed by atoms with van der Waals surface area (Å²) in [5.74, 6) is 1.30. The van der Waals surface area contributed by atoms with Crippen molar-refractivity contribution >= 4 is 38.7 Å². The van der Waals surface area contributed by atoms with Crippen molar-refractivity contribution in [2.75, 3.05) is 6.61 Å². The molecule has 0 fully saturated rings. The van der Waals surface area contributed by atoms with Crippen LogP contribution in [0.4, 0.5) is 0 Å². The van der Waals surface area contributed by atoms with E-state index in [9.17, 15) is 0 Å². The van der Waals surface area contributed by atoms with E-state index in [0.717, 1.165) is 21.4 Å². The second-order valence-electron chi connectivity index (χ2n) is 4.20. The number of rotatable bonds is 3. The summed E-state index contributed by atoms with van der Waals surface area (Å²) in [5, 5.41) is 0.651. The quantitative estimate of drug-likeness (QED) is 0.758. The number of aromatic amines is 1. The van der Waals surface area contributed by atoms with Gasteiger partial charge in [-0.25, -0.2) is 4.98 Å². The van der Waals surface area contributed by atoms with E-state index < -0.39 is 0 Å². The molecular formula is C14H11BrClN3O. The van der Waals surface area contributed by atoms with Crippen molar-refractivity contribution in [3.05, 3.63) is 39.8 Å². The Balaban J connectivity index is 2.08. The molecular weight excluding hydrogens is 342 g/mol. The largest absolute Gasteiger partial charge is 0.478 e. The van der Waals surface area contributed by atoms with E-state index in [-0.39, 0.29) is 0 Å². The third-order valence-corrected chi connectivity index (χ3v) is 3.42. The molecule has 2 heterocycles. The molecule has 0 aliphatic rings. The minimum absolute atomic E-state index is 0.574. The molecule has 4 nitrogen and oxygen atoms in total. The fourth-order valence-corrected chi connectivity index (χ4v) is 2.79. The van der Waals surface area contributed by atoms with Crippen molar-refractivity contribution in [2.45, 2.75) is 6.92 Å². The molecule has 0 radical (unpaired) electrons. The van der Waals surface area contributed by atoms with Crippen molar-refractivity contribution in [3.63, 3.8) is 0 Å². The predicted octanol–water partition coefficient (Wildman–Crippen LogP) is 4.44. The van der Waals surface area contributed by atoms with Crippen LogP contribution in [0.25, 0.3) is 22.6 Å². The van der Waals surface area contributed by atoms with Crippen molar-refractivity contribution in [1.29, 1.82) is 0 Å². The Hall–Kier alpha value is -1.59. The molecule has 0 aliphatic carbocycles. The lowest BCUT2D eigenvalue weighted by Crippen LogP contribution is -1.93. The average molecular weight is 353 g/mol. The summed E-state index contributed by atoms with van der Waals surface area (Å²) in [6.07, 6.45) is 0. The molecule has 0 atom stereocenters. The lowest BCUT2D eigenvalue weighted by molar-refractivity contribution is 0.328. The van der Waals surface area contributed by atoms with E-state index in [1.54, 1.807) is 0 Å². The first-order chi connectivity index (χ1) is 9.65. The first kappa shape index (κ1) is 13.4. The molecule has 0 saturated carbocycles. The molecule has 0 amide bonds. The number of aromatic nitrogens is 3. The summed E-state index contributed by atoms with van der Waals surface area (Å²) in [5.41, 5.74) is 2.39. The van der Waals surface area contributed by atoms with Crippen LogP contribution < -0.4 is 4.74 Å². The highest BCUT2D eigenvalue weighted by atomic mass is 79.9. The maximum absolute atomic E-state index is 6.06. The van der Waals surface area contributed by atoms with Crippen LogP contribution in [0.5, 0.6) is 5.88 Å². The van der Waals surface area contributed by atoms with E-state index in [1.807, 2.05) is 37.3 Å². The molecule has 3 aromatic rings. The van der Waals surface area contributed by atoms with E-state index >= 15 is 0 Å². The molecule has 0 bridgehead atoms. The van der Waals surface area contributed by atoms with Crippen LogP contribution in [0.15, 0.2) is 34.8 Å². The van der Waals surface area contributed by atoms with Crippen molar-refractivity contribution in [1.82, 2.24) is 15.0 Å². The van der Waals surface area contributed by atoms with Gasteiger partial charge in [-0.05, 0) is 31.2 Å². The van der Waals surface area contributed by atoms with Gasteiger partial charge in [0.1, 0.15) is 5.82 Å². The predicted molar refractivity (Wildman–Crippen MR) is 83.2 cm³/mol. The van der Waals surface area contributed by atoms with Gasteiger partial charge >= 0.3 is 0 Å². The van der Waals surface area contributed by atoms with E-state index in [1.165, 1.54) is 0 Å². The maximum atomic E-state index is 6.06. The van der Waals surface area contributed by atoms with Crippen LogP contribution in [-0.4, -0.2) is 21.6 Å². The molecule has 20 heavy (non-hydrogen) atoms. The van der Waals surface area contributed by atoms with Crippen LogP contribution in [0.1, 0.15) is 6.92 Å². The lowest BCUT2D eigenvalue weighted by Gasteiger charge is -1.99. The van der Waals surface area contributed by atoms with Gasteiger partial charge in [0, 0.05) is 21.1 Å². The van der Waals surface area contributed by atoms with Crippen LogP contribution in [0.3, 0.4) is 0 Å². The number of halogens is 2. The van der Waals surface area contributed by atoms with Gasteiger partial charge in [-0.15, -0.1) is 0 Å². The molecule has 102 valence electrons. The highest BCUT2D eigenvalue weighted by Gasteiger charge is 2.09. The molecule has 1 N–H and O–H groups in total. The summed E-state index contributed by atoms with van der Waals surface area (Å²) < 4.78 is 6.28. The summed E-state index contributed by atoms with van der Waals surface area (Å²) in [6, 6.07) is 9.37. The SMILES string of the molecule is CCOc1ccc2[nH]c(-c3cc(Cl)cc(Br)c3)nc2n1. The van der Waals surface area contributed by atoms with Gasteiger partial charge in [-0.1, -0.05) is 27.5 Å². The second-order valence-corrected chi connectivity index (χ2v) is 5.55. The molecule has 0 saturated heterocycles. The number of benzene rings is 1. The van der Waals surface area contributed by atoms with Gasteiger partial charge in [0.2, 0.25) is 5.88 Å². The zero-order chi connectivity index (χ0) is 14.1. The van der Waals surface area contributed by atoms with Crippen LogP contribution >= 0.6 is 27.5 Å². The minimum Gasteiger partial charge on any atom is -0.478 e. The Bertz CT molecular complexity index is 752. The Morgan fingerprint density at radius 3 is 2.85 bits per heavy atom. The molecule has 1 aromatic carbocycles. The number of nitrogens with one attached hydrogen (secondary N) is 1. The number of imidazole rings is 1. The molecule has 0 unspecified atom stereocenters. The fraction of sp³-hybridized carbons (Fsp3) is 0.143. The molecule has 0 aliphatic heterocycles. The lowest BCUT2D eigenvalue weighted by atomic mass is 10.2. The third kappa shape index (κ3) is 2.64. The standard InChI is InChI=1S/C14H11BrClN3O/c1-2-20-12-4-3-11-14(18-12)19-13(17-11)8-5-9(15)7-10(16)6-8/h3-7H,2H2,1H3,(H,17,18,19). The smallest absolute Gasteiger partial charge is 0.215 e. The number of fused-ring (bicyclic) bond motifs is 1. The fourth-order valence-electron chi connectivity index (χ4n) is 1.93. The monoisotopic (exact) mass is 351 g/mol. The Kier molecular flexibility index (Phi) is 3.63. The second kappa shape index (κ2) is 5.42. The highest BCUT2D eigenvalue weighted by molar-refractivity contribution is 9.10. The van der Waals surface area contributed by atoms with E-state index in [4.69, 9.17) is 16.3 Å². The Labute approximate surface area is 129 Å². The number of hydrogen-bond acceptors (Lipinski definition) is 3. The van der Waals surface area contributed by atoms with Crippen LogP contribution in [0, 0.1) is 0 Å². The summed E-state index contributed by atoms with van der Waals surface area (Å²) in [7, 11) is 0. The van der Waals surface area contributed by atoms with Crippen molar-refractivity contribution in [3.8, 4) is 17.3 Å². The summed E-state index contributed by atoms with van der Waals surface area (Å²) in [6.45, 7) is 2.50. The van der Waals surface area contributed by atoms with Crippen LogP contribution in [0.2, 0.25) is 5.02 Å². The topological polar surface area (TPSA) is 50.8 Å². The minimum atomic E-state index is 0.574. The van der Waals surface area contributed by atoms with Gasteiger partial charge < -0.3 is 9.72 Å². The zero-order valence-electron chi connectivity index (χ0n) is 10.7. The Morgan fingerprint density at radius 2 is 2.10 bits per heavy atom. The molecule has 3 rings (SSSR count). The normalized spacial score (nSPS) is 10.9. The van der Waals surface area contributed by atoms with Gasteiger partial charge in [0.25, 0.3) is 0 Å². The summed E-state index contributed by atoms with van der Waals surface area (Å²) >= 11 is 9.48.